The van der Waals surface area contributed by atoms with E-state index in [1.54, 1.807) is 12.1 Å². The summed E-state index contributed by atoms with van der Waals surface area (Å²) < 4.78 is 0. The van der Waals surface area contributed by atoms with Gasteiger partial charge >= 0.3 is 0 Å². The number of nitrogens with zero attached hydrogens (tertiary/aromatic N) is 3. The normalized spacial score (nSPS) is 16.1. The molecule has 2 aromatic carbocycles. The lowest BCUT2D eigenvalue weighted by Crippen LogP contribution is -2.24. The van der Waals surface area contributed by atoms with Gasteiger partial charge in [-0.2, -0.15) is 0 Å². The summed E-state index contributed by atoms with van der Waals surface area (Å²) in [5.74, 6) is 0. The monoisotopic (exact) mass is 331 g/mol. The zero-order valence-corrected chi connectivity index (χ0v) is 13.1. The first-order valence-corrected chi connectivity index (χ1v) is 7.73. The van der Waals surface area contributed by atoms with Gasteiger partial charge in [-0.05, 0) is 35.9 Å². The second kappa shape index (κ2) is 6.16. The molecule has 1 aliphatic heterocycles. The minimum Gasteiger partial charge on any atom is -0.390 e. The van der Waals surface area contributed by atoms with E-state index in [4.69, 9.17) is 4.84 Å². The van der Waals surface area contributed by atoms with E-state index in [9.17, 15) is 10.1 Å². The number of hydrogen-bond donors (Lipinski definition) is 0. The summed E-state index contributed by atoms with van der Waals surface area (Å²) in [6, 6.07) is 14.1. The third-order valence-electron chi connectivity index (χ3n) is 3.98. The SMILES string of the molecule is O=[N+]([O-])c1ccc(CON=C2C=CC=C3N=c4ccccc4=C32)cc1. The van der Waals surface area contributed by atoms with Gasteiger partial charge in [0.2, 0.25) is 0 Å². The van der Waals surface area contributed by atoms with Crippen LogP contribution in [0.25, 0.3) is 5.57 Å². The Morgan fingerprint density at radius 2 is 1.92 bits per heavy atom. The third kappa shape index (κ3) is 2.85. The molecule has 0 fully saturated rings. The van der Waals surface area contributed by atoms with E-state index in [1.165, 1.54) is 12.1 Å². The van der Waals surface area contributed by atoms with Crippen molar-refractivity contribution < 1.29 is 9.76 Å². The molecule has 2 aliphatic rings. The van der Waals surface area contributed by atoms with Crippen molar-refractivity contribution in [3.8, 4) is 0 Å². The van der Waals surface area contributed by atoms with Crippen molar-refractivity contribution in [2.45, 2.75) is 6.61 Å². The van der Waals surface area contributed by atoms with Crippen LogP contribution in [0.15, 0.2) is 82.6 Å². The molecule has 1 aliphatic carbocycles. The summed E-state index contributed by atoms with van der Waals surface area (Å²) in [5, 5.41) is 16.9. The fourth-order valence-electron chi connectivity index (χ4n) is 2.78. The molecule has 0 atom stereocenters. The van der Waals surface area contributed by atoms with Crippen LogP contribution in [0.1, 0.15) is 5.56 Å². The van der Waals surface area contributed by atoms with Gasteiger partial charge in [0.1, 0.15) is 12.3 Å². The first kappa shape index (κ1) is 15.0. The van der Waals surface area contributed by atoms with Crippen LogP contribution in [-0.2, 0) is 11.4 Å². The number of nitro benzene ring substituents is 1. The Morgan fingerprint density at radius 3 is 2.72 bits per heavy atom. The summed E-state index contributed by atoms with van der Waals surface area (Å²) in [6.45, 7) is 0.237. The fourth-order valence-corrected chi connectivity index (χ4v) is 2.78. The Morgan fingerprint density at radius 1 is 1.12 bits per heavy atom. The van der Waals surface area contributed by atoms with Crippen LogP contribution in [0.2, 0.25) is 0 Å². The molecule has 1 heterocycles. The highest BCUT2D eigenvalue weighted by Crippen LogP contribution is 2.21. The van der Waals surface area contributed by atoms with E-state index < -0.39 is 4.92 Å². The van der Waals surface area contributed by atoms with E-state index in [2.05, 4.69) is 10.1 Å². The molecule has 0 aromatic heterocycles. The summed E-state index contributed by atoms with van der Waals surface area (Å²) in [4.78, 5) is 20.3. The minimum absolute atomic E-state index is 0.0554. The van der Waals surface area contributed by atoms with Crippen molar-refractivity contribution in [2.24, 2.45) is 10.1 Å². The molecule has 6 nitrogen and oxygen atoms in total. The van der Waals surface area contributed by atoms with Crippen LogP contribution in [-0.4, -0.2) is 10.6 Å². The number of hydrogen-bond acceptors (Lipinski definition) is 5. The second-order valence-corrected chi connectivity index (χ2v) is 5.59. The van der Waals surface area contributed by atoms with E-state index in [1.807, 2.05) is 42.5 Å². The van der Waals surface area contributed by atoms with E-state index in [0.29, 0.717) is 5.71 Å². The minimum atomic E-state index is -0.427. The number of para-hydroxylation sites is 1. The molecule has 122 valence electrons. The van der Waals surface area contributed by atoms with E-state index >= 15 is 0 Å². The smallest absolute Gasteiger partial charge is 0.269 e. The number of fused-ring (bicyclic) bond motifs is 2. The van der Waals surface area contributed by atoms with Crippen molar-refractivity contribution in [3.05, 3.63) is 98.7 Å². The number of oxime groups is 1. The number of rotatable bonds is 4. The lowest BCUT2D eigenvalue weighted by atomic mass is 10.0. The lowest BCUT2D eigenvalue weighted by Gasteiger charge is -2.08. The van der Waals surface area contributed by atoms with Crippen LogP contribution in [0.5, 0.6) is 0 Å². The molecular formula is C19H13N3O3. The second-order valence-electron chi connectivity index (χ2n) is 5.59. The highest BCUT2D eigenvalue weighted by molar-refractivity contribution is 6.30. The summed E-state index contributed by atoms with van der Waals surface area (Å²) in [6.07, 6.45) is 5.72. The molecule has 0 N–H and O–H groups in total. The van der Waals surface area contributed by atoms with Gasteiger partial charge in [0.05, 0.1) is 16.0 Å². The van der Waals surface area contributed by atoms with Gasteiger partial charge in [-0.1, -0.05) is 29.4 Å². The number of nitro groups is 1. The summed E-state index contributed by atoms with van der Waals surface area (Å²) in [5.41, 5.74) is 3.42. The van der Waals surface area contributed by atoms with Crippen molar-refractivity contribution in [3.63, 3.8) is 0 Å². The van der Waals surface area contributed by atoms with Gasteiger partial charge in [0, 0.05) is 22.9 Å². The first-order valence-electron chi connectivity index (χ1n) is 7.73. The molecular weight excluding hydrogens is 318 g/mol. The molecule has 0 bridgehead atoms. The van der Waals surface area contributed by atoms with Gasteiger partial charge in [-0.3, -0.25) is 10.1 Å². The van der Waals surface area contributed by atoms with Crippen LogP contribution in [0.3, 0.4) is 0 Å². The molecule has 0 saturated carbocycles. The Kier molecular flexibility index (Phi) is 3.70. The van der Waals surface area contributed by atoms with Crippen molar-refractivity contribution in [1.82, 2.24) is 0 Å². The molecule has 0 unspecified atom stereocenters. The maximum atomic E-state index is 10.7. The molecule has 0 radical (unpaired) electrons. The summed E-state index contributed by atoms with van der Waals surface area (Å²) in [7, 11) is 0. The Hall–Kier alpha value is -3.54. The number of allylic oxidation sites excluding steroid dienone is 4. The summed E-state index contributed by atoms with van der Waals surface area (Å²) >= 11 is 0. The third-order valence-corrected chi connectivity index (χ3v) is 3.98. The zero-order chi connectivity index (χ0) is 17.2. The molecule has 4 rings (SSSR count). The van der Waals surface area contributed by atoms with Gasteiger partial charge in [-0.15, -0.1) is 0 Å². The van der Waals surface area contributed by atoms with E-state index in [0.717, 1.165) is 27.4 Å². The predicted octanol–water partition coefficient (Wildman–Crippen LogP) is 2.41. The first-order chi connectivity index (χ1) is 12.2. The number of non-ortho nitro benzene ring substituents is 1. The van der Waals surface area contributed by atoms with Crippen molar-refractivity contribution in [1.29, 1.82) is 0 Å². The quantitative estimate of drug-likeness (QED) is 0.637. The maximum Gasteiger partial charge on any atom is 0.269 e. The Labute approximate surface area is 142 Å². The maximum absolute atomic E-state index is 10.7. The van der Waals surface area contributed by atoms with E-state index in [-0.39, 0.29) is 12.3 Å². The molecule has 0 saturated heterocycles. The van der Waals surface area contributed by atoms with Crippen molar-refractivity contribution >= 4 is 17.0 Å². The van der Waals surface area contributed by atoms with Crippen LogP contribution < -0.4 is 10.6 Å². The molecule has 25 heavy (non-hydrogen) atoms. The highest BCUT2D eigenvalue weighted by atomic mass is 16.6. The molecule has 0 spiro atoms. The predicted molar refractivity (Wildman–Crippen MR) is 93.2 cm³/mol. The fraction of sp³-hybridized carbons (Fsp3) is 0.0526. The van der Waals surface area contributed by atoms with Gasteiger partial charge in [-0.25, -0.2) is 4.99 Å². The molecule has 2 aromatic rings. The average molecular weight is 331 g/mol. The Balaban J connectivity index is 1.56. The molecule has 6 heteroatoms. The topological polar surface area (TPSA) is 77.1 Å². The van der Waals surface area contributed by atoms with Gasteiger partial charge < -0.3 is 4.84 Å². The lowest BCUT2D eigenvalue weighted by molar-refractivity contribution is -0.384. The van der Waals surface area contributed by atoms with Gasteiger partial charge in [0.15, 0.2) is 0 Å². The molecule has 0 amide bonds. The van der Waals surface area contributed by atoms with Gasteiger partial charge in [0.25, 0.3) is 5.69 Å². The van der Waals surface area contributed by atoms with Crippen LogP contribution in [0, 0.1) is 10.1 Å². The largest absolute Gasteiger partial charge is 0.390 e. The standard InChI is InChI=1S/C19H13N3O3/c23-22(24)14-10-8-13(9-11-14)12-25-21-18-7-3-6-17-19(18)15-4-1-2-5-16(15)20-17/h1-11H,12H2. The van der Waals surface area contributed by atoms with Crippen molar-refractivity contribution in [2.75, 3.05) is 0 Å². The Bertz CT molecular complexity index is 1060. The zero-order valence-electron chi connectivity index (χ0n) is 13.1. The highest BCUT2D eigenvalue weighted by Gasteiger charge is 2.19. The average Bonchev–Trinajstić information content (AvgIpc) is 3.01. The van der Waals surface area contributed by atoms with Crippen LogP contribution in [0.4, 0.5) is 5.69 Å². The number of benzene rings is 2. The van der Waals surface area contributed by atoms with Crippen LogP contribution >= 0.6 is 0 Å².